The number of amides is 1. The first-order valence-electron chi connectivity index (χ1n) is 7.96. The Morgan fingerprint density at radius 2 is 2.00 bits per heavy atom. The molecular formula is C17H22FNO4. The first-order chi connectivity index (χ1) is 10.9. The van der Waals surface area contributed by atoms with Gasteiger partial charge in [0, 0.05) is 19.5 Å². The molecule has 1 aromatic carbocycles. The van der Waals surface area contributed by atoms with Crippen molar-refractivity contribution in [2.75, 3.05) is 19.7 Å². The fourth-order valence-electron chi connectivity index (χ4n) is 3.48. The molecular weight excluding hydrogens is 301 g/mol. The van der Waals surface area contributed by atoms with Crippen molar-refractivity contribution in [2.24, 2.45) is 0 Å². The predicted molar refractivity (Wildman–Crippen MR) is 81.6 cm³/mol. The number of rotatable bonds is 1. The summed E-state index contributed by atoms with van der Waals surface area (Å²) in [6.45, 7) is 2.75. The summed E-state index contributed by atoms with van der Waals surface area (Å²) in [4.78, 5) is 14.2. The zero-order valence-electron chi connectivity index (χ0n) is 13.2. The number of benzene rings is 1. The summed E-state index contributed by atoms with van der Waals surface area (Å²) in [6.07, 6.45) is -0.109. The van der Waals surface area contributed by atoms with Crippen LogP contribution in [-0.4, -0.2) is 58.5 Å². The Morgan fingerprint density at radius 1 is 1.30 bits per heavy atom. The molecule has 2 atom stereocenters. The van der Waals surface area contributed by atoms with Crippen molar-refractivity contribution in [2.45, 2.75) is 44.0 Å². The highest BCUT2D eigenvalue weighted by molar-refractivity contribution is 5.96. The van der Waals surface area contributed by atoms with Crippen LogP contribution >= 0.6 is 0 Å². The van der Waals surface area contributed by atoms with Crippen LogP contribution in [0.5, 0.6) is 0 Å². The molecule has 1 amide bonds. The van der Waals surface area contributed by atoms with Gasteiger partial charge in [0.25, 0.3) is 5.91 Å². The SMILES string of the molecule is Cc1cccc(F)c1C(=O)N1CCC2(CC1)C[C@@H](O)[C@@H](O)CO2. The van der Waals surface area contributed by atoms with Crippen LogP contribution in [0.2, 0.25) is 0 Å². The topological polar surface area (TPSA) is 70.0 Å². The van der Waals surface area contributed by atoms with Gasteiger partial charge >= 0.3 is 0 Å². The molecule has 1 aromatic rings. The number of hydrogen-bond donors (Lipinski definition) is 2. The van der Waals surface area contributed by atoms with Gasteiger partial charge in [0.2, 0.25) is 0 Å². The lowest BCUT2D eigenvalue weighted by atomic mass is 9.82. The molecule has 126 valence electrons. The molecule has 5 nitrogen and oxygen atoms in total. The van der Waals surface area contributed by atoms with Crippen molar-refractivity contribution in [1.82, 2.24) is 4.90 Å². The fraction of sp³-hybridized carbons (Fsp3) is 0.588. The van der Waals surface area contributed by atoms with Gasteiger partial charge in [-0.25, -0.2) is 4.39 Å². The monoisotopic (exact) mass is 323 g/mol. The summed E-state index contributed by atoms with van der Waals surface area (Å²) in [5.74, 6) is -0.797. The van der Waals surface area contributed by atoms with Crippen LogP contribution in [0.25, 0.3) is 0 Å². The molecule has 1 spiro atoms. The number of piperidine rings is 1. The molecule has 2 fully saturated rings. The second-order valence-corrected chi connectivity index (χ2v) is 6.56. The van der Waals surface area contributed by atoms with E-state index in [9.17, 15) is 19.4 Å². The van der Waals surface area contributed by atoms with Crippen LogP contribution in [0.15, 0.2) is 18.2 Å². The Kier molecular flexibility index (Phi) is 4.40. The third-order valence-corrected chi connectivity index (χ3v) is 4.98. The van der Waals surface area contributed by atoms with Gasteiger partial charge in [-0.1, -0.05) is 12.1 Å². The quantitative estimate of drug-likeness (QED) is 0.816. The van der Waals surface area contributed by atoms with E-state index in [2.05, 4.69) is 0 Å². The normalized spacial score (nSPS) is 27.2. The second kappa shape index (κ2) is 6.19. The van der Waals surface area contributed by atoms with E-state index in [1.54, 1.807) is 24.0 Å². The second-order valence-electron chi connectivity index (χ2n) is 6.56. The summed E-state index contributed by atoms with van der Waals surface area (Å²) in [5.41, 5.74) is 0.269. The Balaban J connectivity index is 1.68. The van der Waals surface area contributed by atoms with Crippen molar-refractivity contribution in [3.05, 3.63) is 35.1 Å². The molecule has 0 aliphatic carbocycles. The maximum absolute atomic E-state index is 14.0. The number of likely N-dealkylation sites (tertiary alicyclic amines) is 1. The number of halogens is 1. The largest absolute Gasteiger partial charge is 0.390 e. The van der Waals surface area contributed by atoms with Crippen molar-refractivity contribution >= 4 is 5.91 Å². The first kappa shape index (κ1) is 16.4. The van der Waals surface area contributed by atoms with Gasteiger partial charge in [-0.15, -0.1) is 0 Å². The van der Waals surface area contributed by atoms with Gasteiger partial charge in [0.1, 0.15) is 11.9 Å². The summed E-state index contributed by atoms with van der Waals surface area (Å²) in [5, 5.41) is 19.4. The highest BCUT2D eigenvalue weighted by atomic mass is 19.1. The van der Waals surface area contributed by atoms with Gasteiger partial charge in [-0.05, 0) is 31.4 Å². The Labute approximate surface area is 134 Å². The van der Waals surface area contributed by atoms with Gasteiger partial charge in [-0.3, -0.25) is 4.79 Å². The van der Waals surface area contributed by atoms with Gasteiger partial charge < -0.3 is 19.8 Å². The first-order valence-corrected chi connectivity index (χ1v) is 7.96. The zero-order valence-corrected chi connectivity index (χ0v) is 13.2. The number of carbonyl (C=O) groups is 1. The number of nitrogens with zero attached hydrogens (tertiary/aromatic N) is 1. The van der Waals surface area contributed by atoms with Gasteiger partial charge in [0.15, 0.2) is 0 Å². The Hall–Kier alpha value is -1.50. The molecule has 2 heterocycles. The number of carbonyl (C=O) groups excluding carboxylic acids is 1. The Bertz CT molecular complexity index is 578. The van der Waals surface area contributed by atoms with Crippen molar-refractivity contribution in [3.8, 4) is 0 Å². The molecule has 2 aliphatic heterocycles. The minimum atomic E-state index is -0.846. The number of aliphatic hydroxyl groups is 2. The van der Waals surface area contributed by atoms with E-state index in [4.69, 9.17) is 4.74 Å². The van der Waals surface area contributed by atoms with Crippen LogP contribution in [0.4, 0.5) is 4.39 Å². The molecule has 2 aliphatic rings. The Morgan fingerprint density at radius 3 is 2.61 bits per heavy atom. The van der Waals surface area contributed by atoms with E-state index in [-0.39, 0.29) is 18.1 Å². The van der Waals surface area contributed by atoms with E-state index in [1.165, 1.54) is 6.07 Å². The molecule has 0 saturated carbocycles. The maximum atomic E-state index is 14.0. The molecule has 0 aromatic heterocycles. The van der Waals surface area contributed by atoms with E-state index in [0.29, 0.717) is 37.9 Å². The van der Waals surface area contributed by atoms with Crippen LogP contribution in [0, 0.1) is 12.7 Å². The smallest absolute Gasteiger partial charge is 0.257 e. The maximum Gasteiger partial charge on any atom is 0.257 e. The van der Waals surface area contributed by atoms with E-state index in [1.807, 2.05) is 0 Å². The van der Waals surface area contributed by atoms with Crippen molar-refractivity contribution in [1.29, 1.82) is 0 Å². The predicted octanol–water partition coefficient (Wildman–Crippen LogP) is 1.25. The fourth-order valence-corrected chi connectivity index (χ4v) is 3.48. The van der Waals surface area contributed by atoms with Crippen LogP contribution in [0.3, 0.4) is 0 Å². The third kappa shape index (κ3) is 3.11. The summed E-state index contributed by atoms with van der Waals surface area (Å²) in [6, 6.07) is 4.62. The van der Waals surface area contributed by atoms with Gasteiger partial charge in [0.05, 0.1) is 23.9 Å². The molecule has 6 heteroatoms. The molecule has 0 unspecified atom stereocenters. The van der Waals surface area contributed by atoms with Crippen molar-refractivity contribution < 1.29 is 24.1 Å². The summed E-state index contributed by atoms with van der Waals surface area (Å²) >= 11 is 0. The minimum Gasteiger partial charge on any atom is -0.390 e. The molecule has 3 rings (SSSR count). The van der Waals surface area contributed by atoms with E-state index >= 15 is 0 Å². The minimum absolute atomic E-state index is 0.113. The lowest BCUT2D eigenvalue weighted by Crippen LogP contribution is -2.55. The highest BCUT2D eigenvalue weighted by Crippen LogP contribution is 2.35. The molecule has 0 radical (unpaired) electrons. The lowest BCUT2D eigenvalue weighted by molar-refractivity contribution is -0.185. The van der Waals surface area contributed by atoms with Crippen molar-refractivity contribution in [3.63, 3.8) is 0 Å². The molecule has 2 saturated heterocycles. The molecule has 2 N–H and O–H groups in total. The average Bonchev–Trinajstić information content (AvgIpc) is 2.52. The zero-order chi connectivity index (χ0) is 16.6. The number of hydrogen-bond acceptors (Lipinski definition) is 4. The standard InChI is InChI=1S/C17H22FNO4/c1-11-3-2-4-12(18)15(11)16(22)19-7-5-17(6-8-19)9-13(20)14(21)10-23-17/h2-4,13-14,20-21H,5-10H2,1H3/t13-,14+/m1/s1. The van der Waals surface area contributed by atoms with Crippen LogP contribution < -0.4 is 0 Å². The lowest BCUT2D eigenvalue weighted by Gasteiger charge is -2.46. The summed E-state index contributed by atoms with van der Waals surface area (Å²) in [7, 11) is 0. The van der Waals surface area contributed by atoms with Crippen LogP contribution in [0.1, 0.15) is 35.2 Å². The summed E-state index contributed by atoms with van der Waals surface area (Å²) < 4.78 is 19.7. The molecule has 0 bridgehead atoms. The van der Waals surface area contributed by atoms with E-state index < -0.39 is 23.6 Å². The van der Waals surface area contributed by atoms with Crippen LogP contribution in [-0.2, 0) is 4.74 Å². The molecule has 23 heavy (non-hydrogen) atoms. The van der Waals surface area contributed by atoms with E-state index in [0.717, 1.165) is 0 Å². The number of aryl methyl sites for hydroxylation is 1. The number of ether oxygens (including phenoxy) is 1. The number of aliphatic hydroxyl groups excluding tert-OH is 2. The highest BCUT2D eigenvalue weighted by Gasteiger charge is 2.43. The average molecular weight is 323 g/mol. The van der Waals surface area contributed by atoms with Gasteiger partial charge in [-0.2, -0.15) is 0 Å². The third-order valence-electron chi connectivity index (χ3n) is 4.98.